The summed E-state index contributed by atoms with van der Waals surface area (Å²) >= 11 is 0. The number of halogens is 3. The van der Waals surface area contributed by atoms with Crippen LogP contribution in [-0.2, 0) is 26.1 Å². The van der Waals surface area contributed by atoms with Crippen molar-refractivity contribution in [2.24, 2.45) is 5.92 Å². The molecule has 0 aromatic carbocycles. The Morgan fingerprint density at radius 2 is 2.12 bits per heavy atom. The van der Waals surface area contributed by atoms with Gasteiger partial charge < -0.3 is 9.47 Å². The summed E-state index contributed by atoms with van der Waals surface area (Å²) in [5.41, 5.74) is -5.40. The Bertz CT molecular complexity index is 675. The highest BCUT2D eigenvalue weighted by Crippen LogP contribution is 2.43. The van der Waals surface area contributed by atoms with Gasteiger partial charge in [0.1, 0.15) is 5.60 Å². The fourth-order valence-electron chi connectivity index (χ4n) is 3.03. The number of sulfonamides is 1. The first-order chi connectivity index (χ1) is 11.2. The molecule has 2 saturated heterocycles. The van der Waals surface area contributed by atoms with Crippen molar-refractivity contribution in [2.45, 2.75) is 24.1 Å². The number of ether oxygens (including phenoxy) is 2. The van der Waals surface area contributed by atoms with Crippen LogP contribution < -0.4 is 0 Å². The molecule has 1 spiro atoms. The molecule has 3 heterocycles. The maximum atomic E-state index is 12.6. The highest BCUT2D eigenvalue weighted by Gasteiger charge is 2.62. The molecule has 2 aliphatic rings. The van der Waals surface area contributed by atoms with E-state index < -0.39 is 21.1 Å². The summed E-state index contributed by atoms with van der Waals surface area (Å²) in [6, 6.07) is 5.42. The molecule has 0 amide bonds. The fraction of sp³-hybridized carbons (Fsp3) is 0.643. The first-order valence-corrected chi connectivity index (χ1v) is 8.87. The minimum absolute atomic E-state index is 0.138. The van der Waals surface area contributed by atoms with Gasteiger partial charge in [0.05, 0.1) is 18.9 Å². The smallest absolute Gasteiger partial charge is 0.375 e. The summed E-state index contributed by atoms with van der Waals surface area (Å²) < 4.78 is 72.0. The quantitative estimate of drug-likeness (QED) is 0.791. The molecule has 0 bridgehead atoms. The largest absolute Gasteiger partial charge is 0.511 e. The average Bonchev–Trinajstić information content (AvgIpc) is 2.89. The average molecular weight is 366 g/mol. The van der Waals surface area contributed by atoms with Crippen LogP contribution in [0, 0.1) is 5.92 Å². The molecule has 1 aromatic heterocycles. The molecule has 6 nitrogen and oxygen atoms in total. The molecule has 0 N–H and O–H groups in total. The summed E-state index contributed by atoms with van der Waals surface area (Å²) in [6.07, 6.45) is 2.27. The van der Waals surface area contributed by atoms with E-state index in [2.05, 4.69) is 4.98 Å². The van der Waals surface area contributed by atoms with Crippen LogP contribution in [0.2, 0.25) is 0 Å². The summed E-state index contributed by atoms with van der Waals surface area (Å²) in [4.78, 5) is 4.12. The predicted molar refractivity (Wildman–Crippen MR) is 77.2 cm³/mol. The Labute approximate surface area is 137 Å². The van der Waals surface area contributed by atoms with Gasteiger partial charge in [-0.3, -0.25) is 4.98 Å². The van der Waals surface area contributed by atoms with Crippen molar-refractivity contribution in [1.82, 2.24) is 9.29 Å². The van der Waals surface area contributed by atoms with E-state index >= 15 is 0 Å². The van der Waals surface area contributed by atoms with Crippen LogP contribution in [0.25, 0.3) is 0 Å². The highest BCUT2D eigenvalue weighted by molar-refractivity contribution is 7.90. The van der Waals surface area contributed by atoms with E-state index in [0.29, 0.717) is 17.3 Å². The van der Waals surface area contributed by atoms with Gasteiger partial charge in [0, 0.05) is 31.8 Å². The number of aromatic nitrogens is 1. The monoisotopic (exact) mass is 366 g/mol. The van der Waals surface area contributed by atoms with Crippen LogP contribution in [0.15, 0.2) is 24.4 Å². The number of hydrogen-bond acceptors (Lipinski definition) is 5. The maximum Gasteiger partial charge on any atom is 0.511 e. The summed E-state index contributed by atoms with van der Waals surface area (Å²) in [6.45, 7) is 0.394. The van der Waals surface area contributed by atoms with Gasteiger partial charge in [-0.05, 0) is 18.6 Å². The molecule has 0 aliphatic carbocycles. The second-order valence-corrected chi connectivity index (χ2v) is 7.88. The van der Waals surface area contributed by atoms with Crippen molar-refractivity contribution >= 4 is 10.0 Å². The fourth-order valence-corrected chi connectivity index (χ4v) is 4.10. The van der Waals surface area contributed by atoms with Crippen LogP contribution in [-0.4, -0.2) is 55.1 Å². The third-order valence-electron chi connectivity index (χ3n) is 4.42. The van der Waals surface area contributed by atoms with Crippen molar-refractivity contribution in [2.75, 3.05) is 26.3 Å². The van der Waals surface area contributed by atoms with Crippen LogP contribution >= 0.6 is 0 Å². The molecular formula is C14H17F3N2O4S. The van der Waals surface area contributed by atoms with E-state index in [1.165, 1.54) is 0 Å². The molecule has 2 aliphatic heterocycles. The second kappa shape index (κ2) is 6.25. The SMILES string of the molecule is O=S(=O)(N1CC2(C1)OCC[C@@H]2COCc1ccccn1)C(F)(F)F. The molecule has 1 aromatic rings. The van der Waals surface area contributed by atoms with Crippen LogP contribution in [0.1, 0.15) is 12.1 Å². The first kappa shape index (κ1) is 17.6. The standard InChI is InChI=1S/C14H17F3N2O4S/c15-14(16,17)24(20,21)19-9-13(10-19)11(4-6-23-13)7-22-8-12-3-1-2-5-18-12/h1-3,5,11H,4,6-10H2/t11-/m1/s1. The highest BCUT2D eigenvalue weighted by atomic mass is 32.2. The molecule has 0 saturated carbocycles. The van der Waals surface area contributed by atoms with Gasteiger partial charge in [0.25, 0.3) is 0 Å². The van der Waals surface area contributed by atoms with Crippen molar-refractivity contribution in [3.63, 3.8) is 0 Å². The van der Waals surface area contributed by atoms with Crippen molar-refractivity contribution in [3.05, 3.63) is 30.1 Å². The van der Waals surface area contributed by atoms with E-state index in [-0.39, 0.29) is 32.2 Å². The molecule has 10 heteroatoms. The van der Waals surface area contributed by atoms with E-state index in [0.717, 1.165) is 5.69 Å². The number of hydrogen-bond donors (Lipinski definition) is 0. The van der Waals surface area contributed by atoms with Crippen molar-refractivity contribution < 1.29 is 31.1 Å². The maximum absolute atomic E-state index is 12.6. The van der Waals surface area contributed by atoms with Gasteiger partial charge in [-0.2, -0.15) is 17.5 Å². The van der Waals surface area contributed by atoms with Crippen LogP contribution in [0.3, 0.4) is 0 Å². The Hall–Kier alpha value is -1.23. The summed E-state index contributed by atoms with van der Waals surface area (Å²) in [5, 5.41) is 0. The Balaban J connectivity index is 1.55. The lowest BCUT2D eigenvalue weighted by molar-refractivity contribution is -0.123. The molecule has 0 unspecified atom stereocenters. The van der Waals surface area contributed by atoms with Gasteiger partial charge in [-0.15, -0.1) is 0 Å². The van der Waals surface area contributed by atoms with Crippen LogP contribution in [0.5, 0.6) is 0 Å². The molecule has 3 rings (SSSR count). The summed E-state index contributed by atoms with van der Waals surface area (Å²) in [7, 11) is -5.29. The Morgan fingerprint density at radius 3 is 2.75 bits per heavy atom. The lowest BCUT2D eigenvalue weighted by atomic mass is 9.83. The molecule has 2 fully saturated rings. The molecule has 1 atom stereocenters. The minimum atomic E-state index is -5.29. The molecule has 134 valence electrons. The lowest BCUT2D eigenvalue weighted by Crippen LogP contribution is -2.68. The topological polar surface area (TPSA) is 68.7 Å². The third kappa shape index (κ3) is 3.15. The summed E-state index contributed by atoms with van der Waals surface area (Å²) in [5.74, 6) is -0.138. The minimum Gasteiger partial charge on any atom is -0.375 e. The molecule has 0 radical (unpaired) electrons. The number of pyridine rings is 1. The van der Waals surface area contributed by atoms with Gasteiger partial charge in [0.2, 0.25) is 0 Å². The molecule has 24 heavy (non-hydrogen) atoms. The number of alkyl halides is 3. The number of rotatable bonds is 5. The zero-order valence-corrected chi connectivity index (χ0v) is 13.5. The van der Waals surface area contributed by atoms with E-state index in [9.17, 15) is 21.6 Å². The first-order valence-electron chi connectivity index (χ1n) is 7.43. The molecular weight excluding hydrogens is 349 g/mol. The zero-order valence-electron chi connectivity index (χ0n) is 12.7. The van der Waals surface area contributed by atoms with Gasteiger partial charge in [0.15, 0.2) is 0 Å². The van der Waals surface area contributed by atoms with Crippen LogP contribution in [0.4, 0.5) is 13.2 Å². The van der Waals surface area contributed by atoms with E-state index in [1.54, 1.807) is 12.3 Å². The van der Waals surface area contributed by atoms with Crippen molar-refractivity contribution in [3.8, 4) is 0 Å². The normalized spacial score (nSPS) is 24.2. The zero-order chi connectivity index (χ0) is 17.4. The Morgan fingerprint density at radius 1 is 1.38 bits per heavy atom. The Kier molecular flexibility index (Phi) is 4.58. The van der Waals surface area contributed by atoms with E-state index in [1.807, 2.05) is 12.1 Å². The van der Waals surface area contributed by atoms with E-state index in [4.69, 9.17) is 9.47 Å². The predicted octanol–water partition coefficient (Wildman–Crippen LogP) is 1.54. The van der Waals surface area contributed by atoms with Gasteiger partial charge in [-0.1, -0.05) is 6.07 Å². The van der Waals surface area contributed by atoms with Gasteiger partial charge >= 0.3 is 15.5 Å². The third-order valence-corrected chi connectivity index (χ3v) is 5.94. The number of nitrogens with zero attached hydrogens (tertiary/aromatic N) is 2. The van der Waals surface area contributed by atoms with Gasteiger partial charge in [-0.25, -0.2) is 8.42 Å². The van der Waals surface area contributed by atoms with Crippen molar-refractivity contribution in [1.29, 1.82) is 0 Å². The lowest BCUT2D eigenvalue weighted by Gasteiger charge is -2.48. The second-order valence-electron chi connectivity index (χ2n) is 5.95.